The van der Waals surface area contributed by atoms with Crippen LogP contribution in [0.3, 0.4) is 0 Å². The van der Waals surface area contributed by atoms with E-state index >= 15 is 0 Å². The predicted molar refractivity (Wildman–Crippen MR) is 85.7 cm³/mol. The zero-order valence-electron chi connectivity index (χ0n) is 14.3. The number of rotatable bonds is 0. The number of ether oxygens (including phenoxy) is 2. The van der Waals surface area contributed by atoms with Crippen LogP contribution in [0.1, 0.15) is 51.9 Å². The van der Waals surface area contributed by atoms with E-state index in [1.54, 1.807) is 0 Å². The summed E-state index contributed by atoms with van der Waals surface area (Å²) in [5.74, 6) is 1.16. The predicted octanol–water partition coefficient (Wildman–Crippen LogP) is 2.80. The number of carbonyl (C=O) groups is 1. The molecule has 3 saturated heterocycles. The van der Waals surface area contributed by atoms with Crippen molar-refractivity contribution in [2.75, 3.05) is 0 Å². The first-order chi connectivity index (χ1) is 11.4. The third-order valence-corrected chi connectivity index (χ3v) is 9.31. The van der Waals surface area contributed by atoms with Crippen LogP contribution in [-0.2, 0) is 14.3 Å². The second-order valence-electron chi connectivity index (χ2n) is 9.65. The Hall–Kier alpha value is -0.870. The lowest BCUT2D eigenvalue weighted by molar-refractivity contribution is -0.416. The summed E-state index contributed by atoms with van der Waals surface area (Å²) in [5, 5.41) is 11.2. The molecule has 130 valence electrons. The molecule has 5 aliphatic carbocycles. The first-order valence-corrected chi connectivity index (χ1v) is 9.68. The zero-order valence-corrected chi connectivity index (χ0v) is 14.3. The summed E-state index contributed by atoms with van der Waals surface area (Å²) < 4.78 is 12.3. The molecule has 0 aromatic rings. The van der Waals surface area contributed by atoms with Crippen LogP contribution in [0.4, 0.5) is 0 Å². The summed E-state index contributed by atoms with van der Waals surface area (Å²) in [6, 6.07) is 0. The SMILES string of the molecule is C=C1C2CC[C@@]3(C1O)C(C2)C12CCC[C@@]4(C)C(=O)OC1O[C@H]3C[C@@H]24. The number of carbonyl (C=O) groups excluding carboxylic acids is 1. The van der Waals surface area contributed by atoms with E-state index in [1.165, 1.54) is 0 Å². The molecular weight excluding hydrogens is 304 g/mol. The monoisotopic (exact) mass is 330 g/mol. The van der Waals surface area contributed by atoms with Crippen LogP contribution in [0.5, 0.6) is 0 Å². The standard InChI is InChI=1S/C20H26O4/c1-10-11-4-7-20(15(10)21)13(8-11)19-6-3-5-18(2)12(19)9-14(20)23-17(19)24-16(18)22/h11-15,17,21H,1,3-9H2,2H3/t11?,12-,13?,14+,15?,17?,18-,19?,20-/m1/s1. The molecule has 0 radical (unpaired) electrons. The van der Waals surface area contributed by atoms with Gasteiger partial charge in [-0.15, -0.1) is 0 Å². The van der Waals surface area contributed by atoms with Crippen molar-refractivity contribution in [1.29, 1.82) is 0 Å². The minimum absolute atomic E-state index is 0.0119. The molecule has 4 heteroatoms. The van der Waals surface area contributed by atoms with Crippen molar-refractivity contribution < 1.29 is 19.4 Å². The molecule has 3 heterocycles. The molecule has 7 bridgehead atoms. The number of aliphatic hydroxyl groups excluding tert-OH is 1. The van der Waals surface area contributed by atoms with Gasteiger partial charge in [-0.3, -0.25) is 4.79 Å². The van der Waals surface area contributed by atoms with E-state index in [0.29, 0.717) is 17.8 Å². The van der Waals surface area contributed by atoms with Crippen molar-refractivity contribution in [2.45, 2.75) is 70.4 Å². The van der Waals surface area contributed by atoms with Gasteiger partial charge in [0.25, 0.3) is 0 Å². The zero-order chi connectivity index (χ0) is 16.5. The quantitative estimate of drug-likeness (QED) is 0.548. The molecule has 8 aliphatic rings. The molecule has 5 unspecified atom stereocenters. The summed E-state index contributed by atoms with van der Waals surface area (Å²) in [7, 11) is 0. The fourth-order valence-corrected chi connectivity index (χ4v) is 8.29. The van der Waals surface area contributed by atoms with Gasteiger partial charge in [-0.2, -0.15) is 0 Å². The van der Waals surface area contributed by atoms with Gasteiger partial charge < -0.3 is 14.6 Å². The molecule has 8 rings (SSSR count). The average Bonchev–Trinajstić information content (AvgIpc) is 2.58. The lowest BCUT2D eigenvalue weighted by Crippen LogP contribution is -2.80. The molecular formula is C20H26O4. The Morgan fingerprint density at radius 3 is 2.83 bits per heavy atom. The van der Waals surface area contributed by atoms with E-state index in [1.807, 2.05) is 0 Å². The highest BCUT2D eigenvalue weighted by Crippen LogP contribution is 2.77. The second-order valence-corrected chi connectivity index (χ2v) is 9.65. The number of hydrogen-bond acceptors (Lipinski definition) is 4. The van der Waals surface area contributed by atoms with Crippen molar-refractivity contribution in [3.05, 3.63) is 12.2 Å². The van der Waals surface area contributed by atoms with Crippen LogP contribution in [0.2, 0.25) is 0 Å². The molecule has 3 aliphatic heterocycles. The summed E-state index contributed by atoms with van der Waals surface area (Å²) in [4.78, 5) is 12.7. The van der Waals surface area contributed by atoms with Crippen molar-refractivity contribution in [2.24, 2.45) is 34.0 Å². The topological polar surface area (TPSA) is 55.8 Å². The smallest absolute Gasteiger partial charge is 0.314 e. The number of aliphatic hydroxyl groups is 1. The van der Waals surface area contributed by atoms with Gasteiger partial charge in [0.2, 0.25) is 6.29 Å². The minimum atomic E-state index is -0.443. The molecule has 4 nitrogen and oxygen atoms in total. The van der Waals surface area contributed by atoms with E-state index in [4.69, 9.17) is 9.47 Å². The third-order valence-electron chi connectivity index (χ3n) is 9.31. The number of hydrogen-bond donors (Lipinski definition) is 1. The maximum atomic E-state index is 12.7. The molecule has 0 amide bonds. The lowest BCUT2D eigenvalue weighted by atomic mass is 9.33. The molecule has 0 aromatic carbocycles. The third kappa shape index (κ3) is 1.18. The van der Waals surface area contributed by atoms with Crippen molar-refractivity contribution in [1.82, 2.24) is 0 Å². The highest BCUT2D eigenvalue weighted by Gasteiger charge is 2.80. The van der Waals surface area contributed by atoms with Gasteiger partial charge in [0.15, 0.2) is 0 Å². The maximum absolute atomic E-state index is 12.7. The molecule has 8 fully saturated rings. The highest BCUT2D eigenvalue weighted by atomic mass is 16.7. The van der Waals surface area contributed by atoms with E-state index in [9.17, 15) is 9.90 Å². The van der Waals surface area contributed by atoms with Gasteiger partial charge in [-0.25, -0.2) is 0 Å². The van der Waals surface area contributed by atoms with Gasteiger partial charge in [0.1, 0.15) is 0 Å². The first kappa shape index (κ1) is 14.3. The van der Waals surface area contributed by atoms with Gasteiger partial charge in [-0.05, 0) is 68.8 Å². The molecule has 2 spiro atoms. The molecule has 24 heavy (non-hydrogen) atoms. The van der Waals surface area contributed by atoms with Crippen LogP contribution >= 0.6 is 0 Å². The van der Waals surface area contributed by atoms with Gasteiger partial charge in [-0.1, -0.05) is 13.0 Å². The van der Waals surface area contributed by atoms with Gasteiger partial charge in [0, 0.05) is 10.8 Å². The fraction of sp³-hybridized carbons (Fsp3) is 0.850. The second kappa shape index (κ2) is 3.93. The summed E-state index contributed by atoms with van der Waals surface area (Å²) in [5.41, 5.74) is 0.430. The fourth-order valence-electron chi connectivity index (χ4n) is 8.29. The Bertz CT molecular complexity index is 673. The van der Waals surface area contributed by atoms with Crippen molar-refractivity contribution >= 4 is 5.97 Å². The Balaban J connectivity index is 1.57. The number of esters is 1. The first-order valence-electron chi connectivity index (χ1n) is 9.68. The van der Waals surface area contributed by atoms with E-state index in [2.05, 4.69) is 13.5 Å². The summed E-state index contributed by atoms with van der Waals surface area (Å²) in [6.45, 7) is 6.36. The normalized spacial score (nSPS) is 63.1. The van der Waals surface area contributed by atoms with E-state index < -0.39 is 6.10 Å². The molecule has 1 N–H and O–H groups in total. The maximum Gasteiger partial charge on any atom is 0.314 e. The van der Waals surface area contributed by atoms with Crippen molar-refractivity contribution in [3.63, 3.8) is 0 Å². The average molecular weight is 330 g/mol. The largest absolute Gasteiger partial charge is 0.435 e. The Morgan fingerprint density at radius 2 is 2.00 bits per heavy atom. The van der Waals surface area contributed by atoms with E-state index in [-0.39, 0.29) is 34.6 Å². The molecule has 5 saturated carbocycles. The van der Waals surface area contributed by atoms with Crippen LogP contribution in [0.25, 0.3) is 0 Å². The van der Waals surface area contributed by atoms with Crippen molar-refractivity contribution in [3.8, 4) is 0 Å². The minimum Gasteiger partial charge on any atom is -0.435 e. The van der Waals surface area contributed by atoms with Crippen LogP contribution in [0.15, 0.2) is 12.2 Å². The Morgan fingerprint density at radius 1 is 1.17 bits per heavy atom. The summed E-state index contributed by atoms with van der Waals surface area (Å²) in [6.07, 6.45) is 6.47. The lowest BCUT2D eigenvalue weighted by Gasteiger charge is -2.77. The van der Waals surface area contributed by atoms with Crippen LogP contribution in [0, 0.1) is 34.0 Å². The molecule has 9 atom stereocenters. The Kier molecular flexibility index (Phi) is 2.35. The van der Waals surface area contributed by atoms with Gasteiger partial charge >= 0.3 is 5.97 Å². The highest BCUT2D eigenvalue weighted by molar-refractivity contribution is 5.78. The molecule has 0 aromatic heterocycles. The summed E-state index contributed by atoms with van der Waals surface area (Å²) >= 11 is 0. The van der Waals surface area contributed by atoms with Crippen LogP contribution < -0.4 is 0 Å². The van der Waals surface area contributed by atoms with E-state index in [0.717, 1.165) is 50.5 Å². The van der Waals surface area contributed by atoms with Gasteiger partial charge in [0.05, 0.1) is 17.6 Å². The Labute approximate surface area is 142 Å². The number of fused-ring (bicyclic) bond motifs is 2. The van der Waals surface area contributed by atoms with Crippen LogP contribution in [-0.4, -0.2) is 29.6 Å².